The predicted molar refractivity (Wildman–Crippen MR) is 86.6 cm³/mol. The molecule has 1 fully saturated rings. The van der Waals surface area contributed by atoms with E-state index in [0.29, 0.717) is 26.2 Å². The van der Waals surface area contributed by atoms with Gasteiger partial charge >= 0.3 is 6.18 Å². The first-order chi connectivity index (χ1) is 12.3. The zero-order chi connectivity index (χ0) is 18.9. The molecule has 0 spiro atoms. The molecule has 2 aromatic rings. The Hall–Kier alpha value is -2.42. The first-order valence-corrected chi connectivity index (χ1v) is 8.02. The van der Waals surface area contributed by atoms with Crippen molar-refractivity contribution in [3.05, 3.63) is 52.7 Å². The zero-order valence-electron chi connectivity index (χ0n) is 13.3. The molecule has 10 heteroatoms. The van der Waals surface area contributed by atoms with E-state index in [1.54, 1.807) is 4.90 Å². The van der Waals surface area contributed by atoms with E-state index in [4.69, 9.17) is 11.6 Å². The van der Waals surface area contributed by atoms with Crippen molar-refractivity contribution in [3.63, 3.8) is 0 Å². The molecular weight excluding hydrogens is 376 g/mol. The molecule has 0 saturated carbocycles. The lowest BCUT2D eigenvalue weighted by molar-refractivity contribution is -0.141. The normalized spacial score (nSPS) is 15.3. The van der Waals surface area contributed by atoms with E-state index < -0.39 is 17.7 Å². The summed E-state index contributed by atoms with van der Waals surface area (Å²) in [6.45, 7) is 1.21. The van der Waals surface area contributed by atoms with Gasteiger partial charge in [0.15, 0.2) is 0 Å². The molecular formula is C16H13ClF4N4O. The Bertz CT molecular complexity index is 822. The molecule has 1 aromatic heterocycles. The number of nitrogens with zero attached hydrogens (tertiary/aromatic N) is 4. The van der Waals surface area contributed by atoms with Crippen molar-refractivity contribution in [2.45, 2.75) is 6.18 Å². The highest BCUT2D eigenvalue weighted by Gasteiger charge is 2.33. The van der Waals surface area contributed by atoms with Crippen LogP contribution in [-0.2, 0) is 6.18 Å². The highest BCUT2D eigenvalue weighted by atomic mass is 35.5. The minimum absolute atomic E-state index is 0.143. The summed E-state index contributed by atoms with van der Waals surface area (Å²) >= 11 is 5.69. The summed E-state index contributed by atoms with van der Waals surface area (Å²) < 4.78 is 51.5. The Kier molecular flexibility index (Phi) is 4.99. The zero-order valence-corrected chi connectivity index (χ0v) is 14.1. The van der Waals surface area contributed by atoms with Crippen LogP contribution in [0.1, 0.15) is 16.1 Å². The van der Waals surface area contributed by atoms with Gasteiger partial charge in [0, 0.05) is 37.8 Å². The molecule has 1 aliphatic heterocycles. The topological polar surface area (TPSA) is 49.3 Å². The summed E-state index contributed by atoms with van der Waals surface area (Å²) in [5.74, 6) is -0.772. The van der Waals surface area contributed by atoms with Crippen LogP contribution in [-0.4, -0.2) is 47.0 Å². The van der Waals surface area contributed by atoms with E-state index in [9.17, 15) is 22.4 Å². The van der Waals surface area contributed by atoms with Crippen molar-refractivity contribution >= 4 is 23.3 Å². The minimum atomic E-state index is -4.54. The number of hydrogen-bond donors (Lipinski definition) is 0. The van der Waals surface area contributed by atoms with Gasteiger partial charge in [-0.1, -0.05) is 11.6 Å². The standard InChI is InChI=1S/C16H13ClF4N4O/c17-11-7-10(1-2-12(11)18)15(26)25-5-3-24(4-6-25)14-8-13(16(19,20)21)22-9-23-14/h1-2,7-9H,3-6H2. The molecule has 2 heterocycles. The lowest BCUT2D eigenvalue weighted by Gasteiger charge is -2.35. The average Bonchev–Trinajstić information content (AvgIpc) is 2.63. The number of rotatable bonds is 2. The third-order valence-corrected chi connectivity index (χ3v) is 4.29. The number of anilines is 1. The van der Waals surface area contributed by atoms with Crippen LogP contribution < -0.4 is 4.90 Å². The Morgan fingerprint density at radius 1 is 1.08 bits per heavy atom. The molecule has 26 heavy (non-hydrogen) atoms. The van der Waals surface area contributed by atoms with Gasteiger partial charge in [-0.15, -0.1) is 0 Å². The molecule has 1 saturated heterocycles. The first-order valence-electron chi connectivity index (χ1n) is 7.64. The van der Waals surface area contributed by atoms with Gasteiger partial charge in [0.2, 0.25) is 0 Å². The van der Waals surface area contributed by atoms with Crippen molar-refractivity contribution in [1.29, 1.82) is 0 Å². The summed E-state index contributed by atoms with van der Waals surface area (Å²) in [5, 5.41) is -0.143. The lowest BCUT2D eigenvalue weighted by Crippen LogP contribution is -2.49. The quantitative estimate of drug-likeness (QED) is 0.741. The third kappa shape index (κ3) is 3.87. The molecule has 0 N–H and O–H groups in total. The number of aromatic nitrogens is 2. The third-order valence-electron chi connectivity index (χ3n) is 4.00. The summed E-state index contributed by atoms with van der Waals surface area (Å²) in [6.07, 6.45) is -3.67. The van der Waals surface area contributed by atoms with Crippen molar-refractivity contribution in [2.24, 2.45) is 0 Å². The van der Waals surface area contributed by atoms with Crippen molar-refractivity contribution in [2.75, 3.05) is 31.1 Å². The van der Waals surface area contributed by atoms with Crippen LogP contribution in [0.3, 0.4) is 0 Å². The molecule has 0 bridgehead atoms. The van der Waals surface area contributed by atoms with E-state index in [1.807, 2.05) is 0 Å². The van der Waals surface area contributed by atoms with E-state index >= 15 is 0 Å². The molecule has 1 aliphatic rings. The number of halogens is 5. The maximum atomic E-state index is 13.2. The summed E-state index contributed by atoms with van der Waals surface area (Å²) in [7, 11) is 0. The van der Waals surface area contributed by atoms with Crippen LogP contribution in [0, 0.1) is 5.82 Å². The molecule has 138 valence electrons. The maximum absolute atomic E-state index is 13.2. The Balaban J connectivity index is 1.67. The Morgan fingerprint density at radius 2 is 1.77 bits per heavy atom. The van der Waals surface area contributed by atoms with E-state index in [0.717, 1.165) is 18.5 Å². The fourth-order valence-electron chi connectivity index (χ4n) is 2.63. The number of amides is 1. The number of benzene rings is 1. The second-order valence-corrected chi connectivity index (χ2v) is 6.07. The summed E-state index contributed by atoms with van der Waals surface area (Å²) in [6, 6.07) is 4.60. The molecule has 0 radical (unpaired) electrons. The molecule has 0 aliphatic carbocycles. The van der Waals surface area contributed by atoms with Gasteiger partial charge in [0.1, 0.15) is 23.7 Å². The van der Waals surface area contributed by atoms with Crippen molar-refractivity contribution < 1.29 is 22.4 Å². The van der Waals surface area contributed by atoms with Crippen LogP contribution in [0.2, 0.25) is 5.02 Å². The minimum Gasteiger partial charge on any atom is -0.353 e. The van der Waals surface area contributed by atoms with E-state index in [2.05, 4.69) is 9.97 Å². The first kappa shape index (κ1) is 18.4. The summed E-state index contributed by atoms with van der Waals surface area (Å²) in [5.41, 5.74) is -0.756. The van der Waals surface area contributed by atoms with Gasteiger partial charge in [0.05, 0.1) is 5.02 Å². The molecule has 1 aromatic carbocycles. The molecule has 1 amide bonds. The number of alkyl halides is 3. The average molecular weight is 389 g/mol. The Labute approximate surface area is 151 Å². The SMILES string of the molecule is O=C(c1ccc(F)c(Cl)c1)N1CCN(c2cc(C(F)(F)F)ncn2)CC1. The van der Waals surface area contributed by atoms with Crippen LogP contribution in [0.25, 0.3) is 0 Å². The number of piperazine rings is 1. The molecule has 3 rings (SSSR count). The monoisotopic (exact) mass is 388 g/mol. The number of carbonyl (C=O) groups excluding carboxylic acids is 1. The smallest absolute Gasteiger partial charge is 0.353 e. The van der Waals surface area contributed by atoms with Gasteiger partial charge in [-0.3, -0.25) is 4.79 Å². The van der Waals surface area contributed by atoms with Gasteiger partial charge in [0.25, 0.3) is 5.91 Å². The predicted octanol–water partition coefficient (Wildman–Crippen LogP) is 3.25. The van der Waals surface area contributed by atoms with E-state index in [1.165, 1.54) is 17.0 Å². The van der Waals surface area contributed by atoms with Gasteiger partial charge in [-0.2, -0.15) is 13.2 Å². The molecule has 5 nitrogen and oxygen atoms in total. The van der Waals surface area contributed by atoms with Gasteiger partial charge < -0.3 is 9.80 Å². The highest BCUT2D eigenvalue weighted by Crippen LogP contribution is 2.29. The number of hydrogen-bond acceptors (Lipinski definition) is 4. The van der Waals surface area contributed by atoms with E-state index in [-0.39, 0.29) is 22.3 Å². The lowest BCUT2D eigenvalue weighted by atomic mass is 10.1. The van der Waals surface area contributed by atoms with Crippen LogP contribution in [0.15, 0.2) is 30.6 Å². The molecule has 0 unspecified atom stereocenters. The van der Waals surface area contributed by atoms with Crippen molar-refractivity contribution in [3.8, 4) is 0 Å². The van der Waals surface area contributed by atoms with Crippen molar-refractivity contribution in [1.82, 2.24) is 14.9 Å². The van der Waals surface area contributed by atoms with Gasteiger partial charge in [-0.25, -0.2) is 14.4 Å². The second-order valence-electron chi connectivity index (χ2n) is 5.67. The fraction of sp³-hybridized carbons (Fsp3) is 0.312. The highest BCUT2D eigenvalue weighted by molar-refractivity contribution is 6.31. The van der Waals surface area contributed by atoms with Crippen LogP contribution in [0.4, 0.5) is 23.4 Å². The van der Waals surface area contributed by atoms with Crippen LogP contribution in [0.5, 0.6) is 0 Å². The van der Waals surface area contributed by atoms with Crippen LogP contribution >= 0.6 is 11.6 Å². The fourth-order valence-corrected chi connectivity index (χ4v) is 2.81. The maximum Gasteiger partial charge on any atom is 0.433 e. The van der Waals surface area contributed by atoms with Gasteiger partial charge in [-0.05, 0) is 18.2 Å². The largest absolute Gasteiger partial charge is 0.433 e. The Morgan fingerprint density at radius 3 is 2.38 bits per heavy atom. The summed E-state index contributed by atoms with van der Waals surface area (Å²) in [4.78, 5) is 22.7. The second kappa shape index (κ2) is 7.06. The molecule has 0 atom stereocenters. The number of carbonyl (C=O) groups is 1.